The fourth-order valence-electron chi connectivity index (χ4n) is 1.28. The molecule has 0 spiro atoms. The van der Waals surface area contributed by atoms with Gasteiger partial charge in [0.1, 0.15) is 6.04 Å². The van der Waals surface area contributed by atoms with Crippen LogP contribution in [0.3, 0.4) is 0 Å². The SMILES string of the molecule is CC(C)C[C@@H](N)C(=O)NC(CCO)C(=O)O. The fraction of sp³-hybridized carbons (Fsp3) is 0.800. The first-order valence-corrected chi connectivity index (χ1v) is 5.28. The molecule has 0 aromatic rings. The Bertz CT molecular complexity index is 243. The lowest BCUT2D eigenvalue weighted by atomic mass is 10.0. The smallest absolute Gasteiger partial charge is 0.326 e. The van der Waals surface area contributed by atoms with Crippen LogP contribution < -0.4 is 11.1 Å². The van der Waals surface area contributed by atoms with Crippen LogP contribution in [0, 0.1) is 5.92 Å². The minimum absolute atomic E-state index is 0.0184. The summed E-state index contributed by atoms with van der Waals surface area (Å²) in [6, 6.07) is -1.78. The summed E-state index contributed by atoms with van der Waals surface area (Å²) < 4.78 is 0. The molecule has 1 unspecified atom stereocenters. The monoisotopic (exact) mass is 232 g/mol. The molecule has 1 amide bonds. The lowest BCUT2D eigenvalue weighted by Gasteiger charge is -2.18. The second-order valence-corrected chi connectivity index (χ2v) is 4.15. The van der Waals surface area contributed by atoms with E-state index in [0.717, 1.165) is 0 Å². The van der Waals surface area contributed by atoms with Gasteiger partial charge in [0.2, 0.25) is 5.91 Å². The minimum atomic E-state index is -1.17. The molecule has 0 radical (unpaired) electrons. The molecule has 2 atom stereocenters. The van der Waals surface area contributed by atoms with Crippen molar-refractivity contribution in [2.45, 2.75) is 38.8 Å². The van der Waals surface area contributed by atoms with E-state index in [2.05, 4.69) is 5.32 Å². The number of rotatable bonds is 7. The molecule has 16 heavy (non-hydrogen) atoms. The van der Waals surface area contributed by atoms with Gasteiger partial charge in [-0.05, 0) is 12.3 Å². The Labute approximate surface area is 94.8 Å². The van der Waals surface area contributed by atoms with Gasteiger partial charge in [0.05, 0.1) is 6.04 Å². The third-order valence-corrected chi connectivity index (χ3v) is 2.09. The zero-order chi connectivity index (χ0) is 12.7. The van der Waals surface area contributed by atoms with Crippen LogP contribution in [0.5, 0.6) is 0 Å². The van der Waals surface area contributed by atoms with Gasteiger partial charge in [0.25, 0.3) is 0 Å². The number of nitrogens with two attached hydrogens (primary N) is 1. The first-order chi connectivity index (χ1) is 7.38. The normalized spacial score (nSPS) is 14.6. The van der Waals surface area contributed by atoms with Gasteiger partial charge in [-0.15, -0.1) is 0 Å². The number of aliphatic hydroxyl groups is 1. The first kappa shape index (κ1) is 14.9. The van der Waals surface area contributed by atoms with E-state index >= 15 is 0 Å². The van der Waals surface area contributed by atoms with Crippen molar-refractivity contribution in [3.63, 3.8) is 0 Å². The first-order valence-electron chi connectivity index (χ1n) is 5.28. The van der Waals surface area contributed by atoms with E-state index in [0.29, 0.717) is 6.42 Å². The Kier molecular flexibility index (Phi) is 6.67. The average molecular weight is 232 g/mol. The predicted octanol–water partition coefficient (Wildman–Crippen LogP) is -0.688. The highest BCUT2D eigenvalue weighted by Crippen LogP contribution is 2.03. The molecule has 94 valence electrons. The number of carbonyl (C=O) groups excluding carboxylic acids is 1. The van der Waals surface area contributed by atoms with E-state index in [1.807, 2.05) is 13.8 Å². The van der Waals surface area contributed by atoms with Crippen LogP contribution in [0.1, 0.15) is 26.7 Å². The third kappa shape index (κ3) is 5.67. The Balaban J connectivity index is 4.23. The summed E-state index contributed by atoms with van der Waals surface area (Å²) in [7, 11) is 0. The fourth-order valence-corrected chi connectivity index (χ4v) is 1.28. The van der Waals surface area contributed by atoms with Crippen molar-refractivity contribution in [1.82, 2.24) is 5.32 Å². The van der Waals surface area contributed by atoms with Crippen LogP contribution in [-0.4, -0.2) is 40.8 Å². The molecule has 0 rings (SSSR count). The molecule has 0 heterocycles. The van der Waals surface area contributed by atoms with Crippen LogP contribution in [0.4, 0.5) is 0 Å². The number of carboxylic acids is 1. The molecule has 0 aromatic carbocycles. The Morgan fingerprint density at radius 2 is 1.94 bits per heavy atom. The summed E-state index contributed by atoms with van der Waals surface area (Å²) in [5.41, 5.74) is 5.60. The molecule has 0 fully saturated rings. The third-order valence-electron chi connectivity index (χ3n) is 2.09. The van der Waals surface area contributed by atoms with Crippen molar-refractivity contribution in [3.8, 4) is 0 Å². The highest BCUT2D eigenvalue weighted by Gasteiger charge is 2.22. The maximum absolute atomic E-state index is 11.5. The van der Waals surface area contributed by atoms with Gasteiger partial charge in [0, 0.05) is 13.0 Å². The van der Waals surface area contributed by atoms with Crippen molar-refractivity contribution >= 4 is 11.9 Å². The van der Waals surface area contributed by atoms with Crippen LogP contribution >= 0.6 is 0 Å². The van der Waals surface area contributed by atoms with Gasteiger partial charge in [-0.3, -0.25) is 4.79 Å². The highest BCUT2D eigenvalue weighted by atomic mass is 16.4. The molecule has 0 aliphatic carbocycles. The maximum atomic E-state index is 11.5. The highest BCUT2D eigenvalue weighted by molar-refractivity contribution is 5.86. The van der Waals surface area contributed by atoms with Crippen molar-refractivity contribution < 1.29 is 19.8 Å². The van der Waals surface area contributed by atoms with Gasteiger partial charge < -0.3 is 21.3 Å². The van der Waals surface area contributed by atoms with Gasteiger partial charge in [0.15, 0.2) is 0 Å². The number of aliphatic hydroxyl groups excluding tert-OH is 1. The summed E-state index contributed by atoms with van der Waals surface area (Å²) in [5.74, 6) is -1.39. The average Bonchev–Trinajstić information content (AvgIpc) is 2.15. The summed E-state index contributed by atoms with van der Waals surface area (Å²) in [6.45, 7) is 3.56. The molecule has 5 N–H and O–H groups in total. The molecule has 0 saturated heterocycles. The molecule has 0 bridgehead atoms. The largest absolute Gasteiger partial charge is 0.480 e. The lowest BCUT2D eigenvalue weighted by Crippen LogP contribution is -2.49. The molecule has 0 saturated carbocycles. The maximum Gasteiger partial charge on any atom is 0.326 e. The number of hydrogen-bond acceptors (Lipinski definition) is 4. The van der Waals surface area contributed by atoms with Gasteiger partial charge >= 0.3 is 5.97 Å². The van der Waals surface area contributed by atoms with Gasteiger partial charge in [-0.25, -0.2) is 4.79 Å². The topological polar surface area (TPSA) is 113 Å². The quantitative estimate of drug-likeness (QED) is 0.464. The number of carboxylic acid groups (broad SMARTS) is 1. The lowest BCUT2D eigenvalue weighted by molar-refractivity contribution is -0.142. The summed E-state index contributed by atoms with van der Waals surface area (Å²) in [4.78, 5) is 22.2. The number of amides is 1. The van der Waals surface area contributed by atoms with E-state index in [9.17, 15) is 9.59 Å². The van der Waals surface area contributed by atoms with Crippen LogP contribution in [-0.2, 0) is 9.59 Å². The Morgan fingerprint density at radius 3 is 2.31 bits per heavy atom. The number of carbonyl (C=O) groups is 2. The van der Waals surface area contributed by atoms with Crippen LogP contribution in [0.25, 0.3) is 0 Å². The number of hydrogen-bond donors (Lipinski definition) is 4. The van der Waals surface area contributed by atoms with E-state index in [-0.39, 0.29) is 18.9 Å². The molecule has 0 aliphatic heterocycles. The van der Waals surface area contributed by atoms with Crippen LogP contribution in [0.2, 0.25) is 0 Å². The van der Waals surface area contributed by atoms with E-state index in [1.165, 1.54) is 0 Å². The molecule has 0 aliphatic rings. The van der Waals surface area contributed by atoms with E-state index < -0.39 is 24.0 Å². The minimum Gasteiger partial charge on any atom is -0.480 e. The summed E-state index contributed by atoms with van der Waals surface area (Å²) >= 11 is 0. The van der Waals surface area contributed by atoms with Crippen molar-refractivity contribution in [1.29, 1.82) is 0 Å². The molecule has 6 heteroatoms. The van der Waals surface area contributed by atoms with Crippen molar-refractivity contribution in [2.24, 2.45) is 11.7 Å². The zero-order valence-corrected chi connectivity index (χ0v) is 9.64. The molecule has 6 nitrogen and oxygen atoms in total. The molecular formula is C10H20N2O4. The second kappa shape index (κ2) is 7.19. The Morgan fingerprint density at radius 1 is 1.38 bits per heavy atom. The predicted molar refractivity (Wildman–Crippen MR) is 58.7 cm³/mol. The Hall–Kier alpha value is -1.14. The molecule has 0 aromatic heterocycles. The second-order valence-electron chi connectivity index (χ2n) is 4.15. The molecular weight excluding hydrogens is 212 g/mol. The van der Waals surface area contributed by atoms with Crippen LogP contribution in [0.15, 0.2) is 0 Å². The van der Waals surface area contributed by atoms with Gasteiger partial charge in [-0.2, -0.15) is 0 Å². The standard InChI is InChI=1S/C10H20N2O4/c1-6(2)5-7(11)9(14)12-8(3-4-13)10(15)16/h6-8,13H,3-5,11H2,1-2H3,(H,12,14)(H,15,16)/t7-,8?/m1/s1. The number of aliphatic carboxylic acids is 1. The van der Waals surface area contributed by atoms with E-state index in [4.69, 9.17) is 15.9 Å². The van der Waals surface area contributed by atoms with Crippen molar-refractivity contribution in [3.05, 3.63) is 0 Å². The zero-order valence-electron chi connectivity index (χ0n) is 9.64. The summed E-state index contributed by atoms with van der Waals surface area (Å²) in [6.07, 6.45) is 0.479. The number of nitrogens with one attached hydrogen (secondary N) is 1. The summed E-state index contributed by atoms with van der Waals surface area (Å²) in [5, 5.41) is 19.7. The van der Waals surface area contributed by atoms with E-state index in [1.54, 1.807) is 0 Å². The van der Waals surface area contributed by atoms with Gasteiger partial charge in [-0.1, -0.05) is 13.8 Å². The van der Waals surface area contributed by atoms with Crippen molar-refractivity contribution in [2.75, 3.05) is 6.61 Å².